The molecule has 2 aromatic heterocycles. The fourth-order valence-electron chi connectivity index (χ4n) is 4.10. The number of aliphatic hydroxyl groups excluding tert-OH is 1. The van der Waals surface area contributed by atoms with Gasteiger partial charge in [-0.3, -0.25) is 13.9 Å². The molecule has 0 unspecified atom stereocenters. The normalized spacial score (nSPS) is 15.4. The van der Waals surface area contributed by atoms with Crippen molar-refractivity contribution in [1.82, 2.24) is 18.7 Å². The molecular formula is C22H29N5O4. The highest BCUT2D eigenvalue weighted by molar-refractivity contribution is 5.74. The van der Waals surface area contributed by atoms with Gasteiger partial charge in [0, 0.05) is 27.2 Å². The Morgan fingerprint density at radius 2 is 1.87 bits per heavy atom. The average molecular weight is 428 g/mol. The van der Waals surface area contributed by atoms with Gasteiger partial charge in [0.15, 0.2) is 11.2 Å². The highest BCUT2D eigenvalue weighted by Gasteiger charge is 2.25. The van der Waals surface area contributed by atoms with E-state index in [2.05, 4.69) is 9.88 Å². The first-order valence-electron chi connectivity index (χ1n) is 10.7. The van der Waals surface area contributed by atoms with Crippen LogP contribution in [0.2, 0.25) is 0 Å². The summed E-state index contributed by atoms with van der Waals surface area (Å²) in [5.41, 5.74) is 0.890. The highest BCUT2D eigenvalue weighted by Crippen LogP contribution is 2.23. The number of piperidine rings is 1. The number of hydrogen-bond acceptors (Lipinski definition) is 6. The van der Waals surface area contributed by atoms with Gasteiger partial charge in [0.25, 0.3) is 5.56 Å². The third-order valence-electron chi connectivity index (χ3n) is 5.79. The second-order valence-corrected chi connectivity index (χ2v) is 8.23. The largest absolute Gasteiger partial charge is 0.491 e. The molecule has 9 nitrogen and oxygen atoms in total. The van der Waals surface area contributed by atoms with Crippen LogP contribution >= 0.6 is 0 Å². The van der Waals surface area contributed by atoms with E-state index in [1.807, 2.05) is 31.2 Å². The Kier molecular flexibility index (Phi) is 5.86. The minimum atomic E-state index is -0.858. The number of anilines is 1. The number of rotatable bonds is 6. The van der Waals surface area contributed by atoms with E-state index in [4.69, 9.17) is 4.74 Å². The van der Waals surface area contributed by atoms with Gasteiger partial charge in [0.1, 0.15) is 18.5 Å². The van der Waals surface area contributed by atoms with Crippen molar-refractivity contribution in [3.63, 3.8) is 0 Å². The van der Waals surface area contributed by atoms with E-state index in [-0.39, 0.29) is 13.2 Å². The summed E-state index contributed by atoms with van der Waals surface area (Å²) < 4.78 is 9.96. The molecule has 0 saturated carbocycles. The predicted molar refractivity (Wildman–Crippen MR) is 119 cm³/mol. The molecule has 0 amide bonds. The molecule has 0 radical (unpaired) electrons. The maximum atomic E-state index is 13.0. The van der Waals surface area contributed by atoms with Crippen molar-refractivity contribution in [2.75, 3.05) is 24.6 Å². The van der Waals surface area contributed by atoms with Crippen LogP contribution in [0.1, 0.15) is 24.8 Å². The van der Waals surface area contributed by atoms with Crippen molar-refractivity contribution in [1.29, 1.82) is 0 Å². The predicted octanol–water partition coefficient (Wildman–Crippen LogP) is 1.17. The lowest BCUT2D eigenvalue weighted by Crippen LogP contribution is -2.38. The second kappa shape index (κ2) is 8.58. The van der Waals surface area contributed by atoms with Crippen LogP contribution < -0.4 is 20.9 Å². The van der Waals surface area contributed by atoms with Crippen LogP contribution in [0.3, 0.4) is 0 Å². The lowest BCUT2D eigenvalue weighted by molar-refractivity contribution is 0.0935. The molecule has 0 aliphatic carbocycles. The number of fused-ring (bicyclic) bond motifs is 1. The number of aryl methyl sites for hydroxylation is 2. The van der Waals surface area contributed by atoms with E-state index >= 15 is 0 Å². The third-order valence-corrected chi connectivity index (χ3v) is 5.79. The van der Waals surface area contributed by atoms with E-state index < -0.39 is 17.4 Å². The molecule has 1 N–H and O–H groups in total. The van der Waals surface area contributed by atoms with Crippen LogP contribution in [0.15, 0.2) is 33.9 Å². The summed E-state index contributed by atoms with van der Waals surface area (Å²) >= 11 is 0. The fraction of sp³-hybridized carbons (Fsp3) is 0.500. The molecule has 1 fully saturated rings. The summed E-state index contributed by atoms with van der Waals surface area (Å²) in [7, 11) is 3.07. The van der Waals surface area contributed by atoms with Gasteiger partial charge in [-0.25, -0.2) is 4.79 Å². The number of ether oxygens (including phenoxy) is 1. The van der Waals surface area contributed by atoms with Crippen molar-refractivity contribution in [3.05, 3.63) is 50.7 Å². The fourth-order valence-corrected chi connectivity index (χ4v) is 4.10. The summed E-state index contributed by atoms with van der Waals surface area (Å²) in [6.07, 6.45) is 2.38. The molecule has 166 valence electrons. The van der Waals surface area contributed by atoms with Gasteiger partial charge in [0.05, 0.1) is 6.54 Å². The molecule has 1 aliphatic rings. The van der Waals surface area contributed by atoms with Gasteiger partial charge in [-0.2, -0.15) is 4.98 Å². The van der Waals surface area contributed by atoms with E-state index in [9.17, 15) is 14.7 Å². The zero-order chi connectivity index (χ0) is 22.1. The minimum absolute atomic E-state index is 0.0780. The summed E-state index contributed by atoms with van der Waals surface area (Å²) in [5.74, 6) is 1.30. The number of benzene rings is 1. The van der Waals surface area contributed by atoms with Crippen LogP contribution in [-0.2, 0) is 20.6 Å². The van der Waals surface area contributed by atoms with Crippen molar-refractivity contribution in [2.24, 2.45) is 14.1 Å². The molecule has 0 spiro atoms. The average Bonchev–Trinajstić information content (AvgIpc) is 3.14. The van der Waals surface area contributed by atoms with Crippen molar-refractivity contribution >= 4 is 17.1 Å². The third kappa shape index (κ3) is 4.10. The van der Waals surface area contributed by atoms with Gasteiger partial charge >= 0.3 is 5.69 Å². The number of nitrogens with zero attached hydrogens (tertiary/aromatic N) is 5. The van der Waals surface area contributed by atoms with Crippen LogP contribution in [0.5, 0.6) is 5.75 Å². The number of hydrogen-bond donors (Lipinski definition) is 1. The van der Waals surface area contributed by atoms with Gasteiger partial charge in [-0.05, 0) is 43.9 Å². The van der Waals surface area contributed by atoms with Crippen LogP contribution in [0, 0.1) is 6.92 Å². The van der Waals surface area contributed by atoms with Gasteiger partial charge in [-0.15, -0.1) is 0 Å². The molecule has 1 saturated heterocycles. The van der Waals surface area contributed by atoms with Crippen LogP contribution in [-0.4, -0.2) is 49.6 Å². The zero-order valence-corrected chi connectivity index (χ0v) is 18.2. The molecular weight excluding hydrogens is 398 g/mol. The molecule has 9 heteroatoms. The SMILES string of the molecule is Cc1cccc(OC[C@H](O)Cn2c(N3CCCCC3)nc3c2c(=O)n(C)c(=O)n3C)c1. The smallest absolute Gasteiger partial charge is 0.332 e. The first kappa shape index (κ1) is 21.2. The van der Waals surface area contributed by atoms with Crippen LogP contribution in [0.25, 0.3) is 11.2 Å². The number of aliphatic hydroxyl groups is 1. The Bertz CT molecular complexity index is 1200. The molecule has 1 atom stereocenters. The van der Waals surface area contributed by atoms with E-state index in [1.54, 1.807) is 11.6 Å². The summed E-state index contributed by atoms with van der Waals surface area (Å²) in [6, 6.07) is 7.63. The molecule has 1 aliphatic heterocycles. The summed E-state index contributed by atoms with van der Waals surface area (Å²) in [4.78, 5) is 32.2. The van der Waals surface area contributed by atoms with Gasteiger partial charge < -0.3 is 19.3 Å². The number of aromatic nitrogens is 4. The topological polar surface area (TPSA) is 94.5 Å². The second-order valence-electron chi connectivity index (χ2n) is 8.23. The molecule has 1 aromatic carbocycles. The lowest BCUT2D eigenvalue weighted by atomic mass is 10.1. The Morgan fingerprint density at radius 3 is 2.58 bits per heavy atom. The molecule has 4 rings (SSSR count). The Hall–Kier alpha value is -3.07. The van der Waals surface area contributed by atoms with Crippen LogP contribution in [0.4, 0.5) is 5.95 Å². The Balaban J connectivity index is 1.70. The Morgan fingerprint density at radius 1 is 1.13 bits per heavy atom. The maximum absolute atomic E-state index is 13.0. The Labute approximate surface area is 180 Å². The zero-order valence-electron chi connectivity index (χ0n) is 18.2. The van der Waals surface area contributed by atoms with Gasteiger partial charge in [-0.1, -0.05) is 12.1 Å². The van der Waals surface area contributed by atoms with E-state index in [0.717, 1.165) is 42.5 Å². The maximum Gasteiger partial charge on any atom is 0.332 e. The summed E-state index contributed by atoms with van der Waals surface area (Å²) in [6.45, 7) is 3.85. The van der Waals surface area contributed by atoms with E-state index in [0.29, 0.717) is 22.9 Å². The first-order valence-corrected chi connectivity index (χ1v) is 10.7. The highest BCUT2D eigenvalue weighted by atomic mass is 16.5. The minimum Gasteiger partial charge on any atom is -0.491 e. The molecule has 3 aromatic rings. The summed E-state index contributed by atoms with van der Waals surface area (Å²) in [5, 5.41) is 10.7. The lowest BCUT2D eigenvalue weighted by Gasteiger charge is -2.28. The van der Waals surface area contributed by atoms with Crippen molar-refractivity contribution in [2.45, 2.75) is 38.8 Å². The van der Waals surface area contributed by atoms with E-state index in [1.165, 1.54) is 11.6 Å². The molecule has 31 heavy (non-hydrogen) atoms. The first-order chi connectivity index (χ1) is 14.9. The molecule has 0 bridgehead atoms. The quantitative estimate of drug-likeness (QED) is 0.635. The molecule has 3 heterocycles. The van der Waals surface area contributed by atoms with Gasteiger partial charge in [0.2, 0.25) is 5.95 Å². The standard InChI is InChI=1S/C22H29N5O4/c1-15-8-7-9-17(12-15)31-14-16(28)13-27-18-19(24(2)22(30)25(3)20(18)29)23-21(27)26-10-5-4-6-11-26/h7-9,12,16,28H,4-6,10-11,13-14H2,1-3H3/t16-/m1/s1. The monoisotopic (exact) mass is 427 g/mol. The van der Waals surface area contributed by atoms with Crippen molar-refractivity contribution in [3.8, 4) is 5.75 Å². The van der Waals surface area contributed by atoms with Crippen molar-refractivity contribution < 1.29 is 9.84 Å². The number of imidazole rings is 1.